The highest BCUT2D eigenvalue weighted by Crippen LogP contribution is 2.01. The number of rotatable bonds is 4. The summed E-state index contributed by atoms with van der Waals surface area (Å²) in [7, 11) is -3.98. The number of aldehydes is 1. The van der Waals surface area contributed by atoms with E-state index in [1.807, 2.05) is 0 Å². The van der Waals surface area contributed by atoms with Crippen LogP contribution in [0.5, 0.6) is 0 Å². The Morgan fingerprint density at radius 2 is 1.93 bits per heavy atom. The fourth-order valence-electron chi connectivity index (χ4n) is 0.819. The van der Waals surface area contributed by atoms with Crippen LogP contribution in [0.3, 0.4) is 0 Å². The van der Waals surface area contributed by atoms with E-state index in [2.05, 4.69) is 0 Å². The zero-order valence-corrected chi connectivity index (χ0v) is 9.40. The first-order chi connectivity index (χ1) is 6.99. The molecule has 1 atom stereocenters. The highest BCUT2D eigenvalue weighted by molar-refractivity contribution is 7.85. The van der Waals surface area contributed by atoms with Gasteiger partial charge in [0.05, 0.1) is 19.0 Å². The van der Waals surface area contributed by atoms with Gasteiger partial charge in [-0.05, 0) is 6.42 Å². The Kier molecular flexibility index (Phi) is 7.49. The maximum Gasteiger partial charge on any atom is 0.265 e. The second-order valence-corrected chi connectivity index (χ2v) is 4.48. The number of carbonyl (C=O) groups excluding carboxylic acids is 1. The molecule has 1 heterocycles. The number of hydrogen-bond acceptors (Lipinski definition) is 5. The van der Waals surface area contributed by atoms with E-state index in [-0.39, 0.29) is 0 Å². The highest BCUT2D eigenvalue weighted by Gasteiger charge is 2.13. The molecular weight excluding hydrogens is 224 g/mol. The summed E-state index contributed by atoms with van der Waals surface area (Å²) >= 11 is 0. The molecule has 15 heavy (non-hydrogen) atoms. The van der Waals surface area contributed by atoms with Crippen molar-refractivity contribution in [2.24, 2.45) is 5.92 Å². The van der Waals surface area contributed by atoms with E-state index in [0.29, 0.717) is 19.5 Å². The minimum Gasteiger partial charge on any atom is -0.353 e. The van der Waals surface area contributed by atoms with E-state index >= 15 is 0 Å². The summed E-state index contributed by atoms with van der Waals surface area (Å²) in [5, 5.41) is 0. The van der Waals surface area contributed by atoms with Crippen LogP contribution in [0.1, 0.15) is 13.3 Å². The SMILES string of the molecule is C1COCO1.CCC(C=O)CS(=O)(=O)O. The van der Waals surface area contributed by atoms with Crippen LogP contribution in [0.15, 0.2) is 0 Å². The minimum atomic E-state index is -3.98. The second-order valence-electron chi connectivity index (χ2n) is 2.99. The fourth-order valence-corrected chi connectivity index (χ4v) is 1.67. The maximum absolute atomic E-state index is 10.2. The molecule has 6 nitrogen and oxygen atoms in total. The van der Waals surface area contributed by atoms with E-state index in [9.17, 15) is 13.2 Å². The molecule has 0 aliphatic carbocycles. The molecular formula is C8H16O6S. The fraction of sp³-hybridized carbons (Fsp3) is 0.875. The summed E-state index contributed by atoms with van der Waals surface area (Å²) in [6.45, 7) is 3.74. The average Bonchev–Trinajstić information content (AvgIpc) is 2.70. The van der Waals surface area contributed by atoms with Crippen molar-refractivity contribution in [2.45, 2.75) is 13.3 Å². The lowest BCUT2D eigenvalue weighted by molar-refractivity contribution is -0.110. The quantitative estimate of drug-likeness (QED) is 0.553. The molecule has 1 rings (SSSR count). The third kappa shape index (κ3) is 9.80. The van der Waals surface area contributed by atoms with Crippen LogP contribution in [0.2, 0.25) is 0 Å². The van der Waals surface area contributed by atoms with Gasteiger partial charge in [-0.3, -0.25) is 4.55 Å². The van der Waals surface area contributed by atoms with Gasteiger partial charge in [-0.15, -0.1) is 0 Å². The predicted molar refractivity (Wildman–Crippen MR) is 53.0 cm³/mol. The molecule has 0 aromatic carbocycles. The Bertz CT molecular complexity index is 249. The molecule has 0 amide bonds. The van der Waals surface area contributed by atoms with Crippen LogP contribution in [0.4, 0.5) is 0 Å². The number of hydrogen-bond donors (Lipinski definition) is 1. The Labute approximate surface area is 89.3 Å². The maximum atomic E-state index is 10.2. The third-order valence-electron chi connectivity index (χ3n) is 1.68. The van der Waals surface area contributed by atoms with Gasteiger partial charge >= 0.3 is 0 Å². The van der Waals surface area contributed by atoms with E-state index in [1.165, 1.54) is 0 Å². The van der Waals surface area contributed by atoms with E-state index < -0.39 is 21.8 Å². The molecule has 90 valence electrons. The van der Waals surface area contributed by atoms with Gasteiger partial charge in [0.2, 0.25) is 0 Å². The van der Waals surface area contributed by atoms with Gasteiger partial charge in [0.25, 0.3) is 10.1 Å². The predicted octanol–water partition coefficient (Wildman–Crippen LogP) is 0.0900. The molecule has 0 spiro atoms. The Hall–Kier alpha value is -0.500. The van der Waals surface area contributed by atoms with Crippen molar-refractivity contribution in [3.8, 4) is 0 Å². The number of ether oxygens (including phenoxy) is 2. The molecule has 1 aliphatic heterocycles. The third-order valence-corrected chi connectivity index (χ3v) is 2.53. The lowest BCUT2D eigenvalue weighted by Gasteiger charge is -2.01. The Morgan fingerprint density at radius 3 is 2.07 bits per heavy atom. The van der Waals surface area contributed by atoms with Crippen molar-refractivity contribution in [3.63, 3.8) is 0 Å². The van der Waals surface area contributed by atoms with Crippen molar-refractivity contribution in [3.05, 3.63) is 0 Å². The van der Waals surface area contributed by atoms with E-state index in [4.69, 9.17) is 14.0 Å². The normalized spacial score (nSPS) is 17.7. The standard InChI is InChI=1S/C5H10O4S.C3H6O2/c1-2-5(3-6)4-10(7,8)9;1-2-5-3-4-1/h3,5H,2,4H2,1H3,(H,7,8,9);1-3H2. The van der Waals surface area contributed by atoms with Crippen molar-refractivity contribution >= 4 is 16.4 Å². The van der Waals surface area contributed by atoms with Crippen LogP contribution in [0, 0.1) is 5.92 Å². The zero-order valence-electron chi connectivity index (χ0n) is 8.59. The van der Waals surface area contributed by atoms with Crippen molar-refractivity contribution in [2.75, 3.05) is 25.8 Å². The van der Waals surface area contributed by atoms with E-state index in [1.54, 1.807) is 6.92 Å². The van der Waals surface area contributed by atoms with Gasteiger partial charge in [0.15, 0.2) is 0 Å². The first-order valence-electron chi connectivity index (χ1n) is 4.55. The molecule has 0 radical (unpaired) electrons. The van der Waals surface area contributed by atoms with Gasteiger partial charge in [-0.1, -0.05) is 6.92 Å². The molecule has 1 unspecified atom stereocenters. The molecule has 0 bridgehead atoms. The minimum absolute atomic E-state index is 0.434. The van der Waals surface area contributed by atoms with Crippen LogP contribution < -0.4 is 0 Å². The van der Waals surface area contributed by atoms with Crippen molar-refractivity contribution in [1.29, 1.82) is 0 Å². The largest absolute Gasteiger partial charge is 0.353 e. The zero-order chi connectivity index (χ0) is 11.7. The summed E-state index contributed by atoms with van der Waals surface area (Å²) in [6, 6.07) is 0. The molecule has 1 fully saturated rings. The number of carbonyl (C=O) groups is 1. The molecule has 0 saturated carbocycles. The van der Waals surface area contributed by atoms with Gasteiger partial charge in [0, 0.05) is 5.92 Å². The summed E-state index contributed by atoms with van der Waals surface area (Å²) < 4.78 is 38.0. The van der Waals surface area contributed by atoms with Gasteiger partial charge in [0.1, 0.15) is 13.1 Å². The molecule has 1 aliphatic rings. The average molecular weight is 240 g/mol. The molecule has 1 N–H and O–H groups in total. The topological polar surface area (TPSA) is 89.9 Å². The summed E-state index contributed by atoms with van der Waals surface area (Å²) in [5.74, 6) is -1.04. The Morgan fingerprint density at radius 1 is 1.40 bits per heavy atom. The molecule has 1 saturated heterocycles. The smallest absolute Gasteiger partial charge is 0.265 e. The lowest BCUT2D eigenvalue weighted by atomic mass is 10.1. The van der Waals surface area contributed by atoms with Crippen LogP contribution in [-0.4, -0.2) is 45.0 Å². The lowest BCUT2D eigenvalue weighted by Crippen LogP contribution is -2.15. The van der Waals surface area contributed by atoms with E-state index in [0.717, 1.165) is 13.2 Å². The Balaban J connectivity index is 0.000000322. The molecule has 7 heteroatoms. The van der Waals surface area contributed by atoms with Crippen molar-refractivity contribution in [1.82, 2.24) is 0 Å². The monoisotopic (exact) mass is 240 g/mol. The van der Waals surface area contributed by atoms with Crippen LogP contribution >= 0.6 is 0 Å². The summed E-state index contributed by atoms with van der Waals surface area (Å²) in [6.07, 6.45) is 0.969. The van der Waals surface area contributed by atoms with Crippen LogP contribution in [0.25, 0.3) is 0 Å². The van der Waals surface area contributed by atoms with Crippen molar-refractivity contribution < 1.29 is 27.2 Å². The van der Waals surface area contributed by atoms with Gasteiger partial charge < -0.3 is 14.3 Å². The summed E-state index contributed by atoms with van der Waals surface area (Å²) in [4.78, 5) is 10.0. The molecule has 0 aromatic heterocycles. The van der Waals surface area contributed by atoms with Crippen LogP contribution in [-0.2, 0) is 24.4 Å². The van der Waals surface area contributed by atoms with Gasteiger partial charge in [-0.2, -0.15) is 8.42 Å². The van der Waals surface area contributed by atoms with Gasteiger partial charge in [-0.25, -0.2) is 0 Å². The first kappa shape index (κ1) is 14.5. The first-order valence-corrected chi connectivity index (χ1v) is 6.16. The summed E-state index contributed by atoms with van der Waals surface area (Å²) in [5.41, 5.74) is 0. The highest BCUT2D eigenvalue weighted by atomic mass is 32.2. The second kappa shape index (κ2) is 7.75. The molecule has 0 aromatic rings.